The Morgan fingerprint density at radius 2 is 2.28 bits per heavy atom. The molecule has 2 amide bonds. The zero-order chi connectivity index (χ0) is 13.1. The van der Waals surface area contributed by atoms with Gasteiger partial charge in [0.25, 0.3) is 0 Å². The van der Waals surface area contributed by atoms with E-state index in [9.17, 15) is 9.59 Å². The van der Waals surface area contributed by atoms with Crippen LogP contribution >= 0.6 is 27.5 Å². The van der Waals surface area contributed by atoms with Crippen LogP contribution < -0.4 is 5.32 Å². The van der Waals surface area contributed by atoms with E-state index in [4.69, 9.17) is 11.6 Å². The average molecular weight is 332 g/mol. The molecule has 1 fully saturated rings. The SMILES string of the molecule is O=C(CN1CCCC1=O)Nc1cc(Cl)ccc1Br. The maximum Gasteiger partial charge on any atom is 0.244 e. The summed E-state index contributed by atoms with van der Waals surface area (Å²) in [7, 11) is 0. The number of carbonyl (C=O) groups is 2. The molecule has 2 rings (SSSR count). The molecule has 1 aliphatic rings. The maximum absolute atomic E-state index is 11.8. The second-order valence-corrected chi connectivity index (χ2v) is 5.38. The Morgan fingerprint density at radius 3 is 2.94 bits per heavy atom. The summed E-state index contributed by atoms with van der Waals surface area (Å²) in [5, 5.41) is 3.28. The van der Waals surface area contributed by atoms with Gasteiger partial charge >= 0.3 is 0 Å². The quantitative estimate of drug-likeness (QED) is 0.926. The normalized spacial score (nSPS) is 15.0. The molecule has 0 bridgehead atoms. The van der Waals surface area contributed by atoms with E-state index in [1.54, 1.807) is 23.1 Å². The highest BCUT2D eigenvalue weighted by molar-refractivity contribution is 9.10. The fourth-order valence-electron chi connectivity index (χ4n) is 1.83. The van der Waals surface area contributed by atoms with Gasteiger partial charge in [-0.05, 0) is 40.5 Å². The lowest BCUT2D eigenvalue weighted by Gasteiger charge is -2.15. The number of hydrogen-bond donors (Lipinski definition) is 1. The van der Waals surface area contributed by atoms with E-state index in [1.807, 2.05) is 0 Å². The van der Waals surface area contributed by atoms with Gasteiger partial charge in [-0.15, -0.1) is 0 Å². The molecular formula is C12H12BrClN2O2. The van der Waals surface area contributed by atoms with Gasteiger partial charge in [0.15, 0.2) is 0 Å². The van der Waals surface area contributed by atoms with E-state index < -0.39 is 0 Å². The van der Waals surface area contributed by atoms with Crippen LogP contribution in [0, 0.1) is 0 Å². The third kappa shape index (κ3) is 3.23. The van der Waals surface area contributed by atoms with Crippen molar-refractivity contribution >= 4 is 45.0 Å². The van der Waals surface area contributed by atoms with E-state index in [-0.39, 0.29) is 18.4 Å². The highest BCUT2D eigenvalue weighted by Crippen LogP contribution is 2.25. The van der Waals surface area contributed by atoms with Crippen LogP contribution in [0.2, 0.25) is 5.02 Å². The molecule has 0 aliphatic carbocycles. The van der Waals surface area contributed by atoms with Crippen LogP contribution in [0.15, 0.2) is 22.7 Å². The molecule has 18 heavy (non-hydrogen) atoms. The van der Waals surface area contributed by atoms with Gasteiger partial charge in [0.1, 0.15) is 0 Å². The van der Waals surface area contributed by atoms with Crippen molar-refractivity contribution in [2.24, 2.45) is 0 Å². The summed E-state index contributed by atoms with van der Waals surface area (Å²) in [6.07, 6.45) is 1.36. The predicted molar refractivity (Wildman–Crippen MR) is 73.6 cm³/mol. The molecule has 0 atom stereocenters. The summed E-state index contributed by atoms with van der Waals surface area (Å²) < 4.78 is 0.757. The summed E-state index contributed by atoms with van der Waals surface area (Å²) in [6, 6.07) is 5.15. The molecule has 1 aliphatic heterocycles. The first-order chi connectivity index (χ1) is 8.56. The second kappa shape index (κ2) is 5.71. The number of nitrogens with zero attached hydrogens (tertiary/aromatic N) is 1. The summed E-state index contributed by atoms with van der Waals surface area (Å²) >= 11 is 9.19. The Balaban J connectivity index is 1.98. The average Bonchev–Trinajstić information content (AvgIpc) is 2.70. The van der Waals surface area contributed by atoms with Crippen molar-refractivity contribution in [1.29, 1.82) is 0 Å². The Hall–Kier alpha value is -1.07. The van der Waals surface area contributed by atoms with Crippen molar-refractivity contribution in [3.63, 3.8) is 0 Å². The molecule has 1 aromatic rings. The number of carbonyl (C=O) groups excluding carboxylic acids is 2. The third-order valence-electron chi connectivity index (χ3n) is 2.71. The molecule has 0 saturated carbocycles. The molecule has 96 valence electrons. The predicted octanol–water partition coefficient (Wildman–Crippen LogP) is 2.66. The molecule has 1 saturated heterocycles. The van der Waals surface area contributed by atoms with Gasteiger partial charge in [-0.2, -0.15) is 0 Å². The van der Waals surface area contributed by atoms with Crippen molar-refractivity contribution in [3.05, 3.63) is 27.7 Å². The summed E-state index contributed by atoms with van der Waals surface area (Å²) in [5.41, 5.74) is 0.610. The number of anilines is 1. The summed E-state index contributed by atoms with van der Waals surface area (Å²) in [4.78, 5) is 24.8. The number of hydrogen-bond acceptors (Lipinski definition) is 2. The first-order valence-corrected chi connectivity index (χ1v) is 6.76. The molecule has 0 radical (unpaired) electrons. The Morgan fingerprint density at radius 1 is 1.50 bits per heavy atom. The Kier molecular flexibility index (Phi) is 4.24. The van der Waals surface area contributed by atoms with Gasteiger partial charge in [0.2, 0.25) is 11.8 Å². The standard InChI is InChI=1S/C12H12BrClN2O2/c13-9-4-3-8(14)6-10(9)15-11(17)7-16-5-1-2-12(16)18/h3-4,6H,1-2,5,7H2,(H,15,17). The minimum Gasteiger partial charge on any atom is -0.333 e. The first kappa shape index (κ1) is 13.4. The molecule has 1 heterocycles. The number of nitrogens with one attached hydrogen (secondary N) is 1. The molecule has 0 unspecified atom stereocenters. The van der Waals surface area contributed by atoms with E-state index in [0.717, 1.165) is 10.9 Å². The number of halogens is 2. The van der Waals surface area contributed by atoms with Crippen molar-refractivity contribution in [2.45, 2.75) is 12.8 Å². The van der Waals surface area contributed by atoms with Crippen LogP contribution in [0.25, 0.3) is 0 Å². The van der Waals surface area contributed by atoms with Crippen LogP contribution in [0.1, 0.15) is 12.8 Å². The van der Waals surface area contributed by atoms with Crippen molar-refractivity contribution in [1.82, 2.24) is 4.90 Å². The van der Waals surface area contributed by atoms with Crippen LogP contribution in [-0.2, 0) is 9.59 Å². The fraction of sp³-hybridized carbons (Fsp3) is 0.333. The van der Waals surface area contributed by atoms with Gasteiger partial charge in [-0.1, -0.05) is 11.6 Å². The number of amides is 2. The van der Waals surface area contributed by atoms with Gasteiger partial charge in [0.05, 0.1) is 12.2 Å². The van der Waals surface area contributed by atoms with Gasteiger partial charge < -0.3 is 10.2 Å². The van der Waals surface area contributed by atoms with Crippen molar-refractivity contribution in [3.8, 4) is 0 Å². The lowest BCUT2D eigenvalue weighted by atomic mass is 10.3. The molecular weight excluding hydrogens is 320 g/mol. The third-order valence-corrected chi connectivity index (χ3v) is 3.63. The van der Waals surface area contributed by atoms with Crippen LogP contribution in [0.4, 0.5) is 5.69 Å². The lowest BCUT2D eigenvalue weighted by molar-refractivity contribution is -0.131. The number of benzene rings is 1. The molecule has 6 heteroatoms. The highest BCUT2D eigenvalue weighted by atomic mass is 79.9. The van der Waals surface area contributed by atoms with E-state index >= 15 is 0 Å². The minimum atomic E-state index is -0.215. The number of likely N-dealkylation sites (tertiary alicyclic amines) is 1. The zero-order valence-corrected chi connectivity index (χ0v) is 11.9. The first-order valence-electron chi connectivity index (χ1n) is 5.59. The van der Waals surface area contributed by atoms with E-state index in [1.165, 1.54) is 0 Å². The van der Waals surface area contributed by atoms with Gasteiger partial charge in [0, 0.05) is 22.5 Å². The number of rotatable bonds is 3. The molecule has 1 aromatic carbocycles. The minimum absolute atomic E-state index is 0.0373. The molecule has 1 N–H and O–H groups in total. The Labute approximate surface area is 118 Å². The topological polar surface area (TPSA) is 49.4 Å². The molecule has 0 aromatic heterocycles. The highest BCUT2D eigenvalue weighted by Gasteiger charge is 2.22. The zero-order valence-electron chi connectivity index (χ0n) is 9.58. The molecule has 0 spiro atoms. The van der Waals surface area contributed by atoms with Crippen molar-refractivity contribution in [2.75, 3.05) is 18.4 Å². The van der Waals surface area contributed by atoms with Crippen molar-refractivity contribution < 1.29 is 9.59 Å². The summed E-state index contributed by atoms with van der Waals surface area (Å²) in [5.74, 6) is -0.177. The second-order valence-electron chi connectivity index (χ2n) is 4.09. The van der Waals surface area contributed by atoms with E-state index in [0.29, 0.717) is 23.7 Å². The largest absolute Gasteiger partial charge is 0.333 e. The van der Waals surface area contributed by atoms with Gasteiger partial charge in [-0.3, -0.25) is 9.59 Å². The smallest absolute Gasteiger partial charge is 0.244 e. The van der Waals surface area contributed by atoms with Gasteiger partial charge in [-0.25, -0.2) is 0 Å². The van der Waals surface area contributed by atoms with Crippen LogP contribution in [0.3, 0.4) is 0 Å². The fourth-order valence-corrected chi connectivity index (χ4v) is 2.35. The molecule has 4 nitrogen and oxygen atoms in total. The lowest BCUT2D eigenvalue weighted by Crippen LogP contribution is -2.34. The van der Waals surface area contributed by atoms with Crippen LogP contribution in [0.5, 0.6) is 0 Å². The maximum atomic E-state index is 11.8. The Bertz CT molecular complexity index is 493. The van der Waals surface area contributed by atoms with E-state index in [2.05, 4.69) is 21.2 Å². The monoisotopic (exact) mass is 330 g/mol. The summed E-state index contributed by atoms with van der Waals surface area (Å²) in [6.45, 7) is 0.751. The van der Waals surface area contributed by atoms with Crippen LogP contribution in [-0.4, -0.2) is 29.8 Å².